The fourth-order valence-electron chi connectivity index (χ4n) is 0.397. The van der Waals surface area contributed by atoms with Crippen LogP contribution in [0, 0.1) is 10.1 Å². The van der Waals surface area contributed by atoms with E-state index in [1.807, 2.05) is 0 Å². The van der Waals surface area contributed by atoms with E-state index in [1.54, 1.807) is 0 Å². The van der Waals surface area contributed by atoms with Crippen LogP contribution in [-0.2, 0) is 6.54 Å². The molecule has 0 spiro atoms. The summed E-state index contributed by atoms with van der Waals surface area (Å²) in [5.41, 5.74) is 0.236. The molecule has 0 saturated carbocycles. The van der Waals surface area contributed by atoms with Crippen molar-refractivity contribution in [1.82, 2.24) is 5.16 Å². The van der Waals surface area contributed by atoms with Gasteiger partial charge in [-0.1, -0.05) is 5.18 Å². The summed E-state index contributed by atoms with van der Waals surface area (Å²) in [6.45, 7) is -0.126. The molecule has 0 amide bonds. The molecule has 0 N–H and O–H groups in total. The molecule has 0 bridgehead atoms. The molecule has 48 valence electrons. The quantitative estimate of drug-likeness (QED) is 0.400. The average molecular weight is 129 g/mol. The van der Waals surface area contributed by atoms with Gasteiger partial charge in [0.15, 0.2) is 12.7 Å². The Bertz CT molecular complexity index is 208. The largest absolute Gasteiger partial charge is 0.360 e. The highest BCUT2D eigenvalue weighted by Gasteiger charge is 2.03. The summed E-state index contributed by atoms with van der Waals surface area (Å²) in [6, 6.07) is 0. The van der Waals surface area contributed by atoms with Gasteiger partial charge in [-0.05, 0) is 4.90 Å². The monoisotopic (exact) mass is 129 g/mol. The molecule has 0 saturated heterocycles. The molecule has 0 unspecified atom stereocenters. The van der Waals surface area contributed by atoms with Crippen molar-refractivity contribution in [2.75, 3.05) is 0 Å². The van der Waals surface area contributed by atoms with Crippen molar-refractivity contribution in [1.29, 1.82) is 0 Å². The Balaban J connectivity index is 2.72. The fourth-order valence-corrected chi connectivity index (χ4v) is 0.397. The molecule has 1 aromatic rings. The van der Waals surface area contributed by atoms with Crippen molar-refractivity contribution in [2.24, 2.45) is 5.18 Å². The smallest absolute Gasteiger partial charge is 0.242 e. The predicted molar refractivity (Wildman–Crippen MR) is 25.0 cm³/mol. The molecular formula is C3H3N3O3. The van der Waals surface area contributed by atoms with Crippen molar-refractivity contribution < 1.29 is 9.53 Å². The van der Waals surface area contributed by atoms with Crippen LogP contribution in [0.3, 0.4) is 0 Å². The van der Waals surface area contributed by atoms with Crippen LogP contribution in [0.15, 0.2) is 16.0 Å². The zero-order valence-corrected chi connectivity index (χ0v) is 4.35. The molecule has 0 atom stereocenters. The van der Waals surface area contributed by atoms with Gasteiger partial charge in [0.05, 0.1) is 0 Å². The molecule has 1 heterocycles. The van der Waals surface area contributed by atoms with Gasteiger partial charge in [0.2, 0.25) is 5.69 Å². The first-order valence-corrected chi connectivity index (χ1v) is 2.17. The first-order valence-electron chi connectivity index (χ1n) is 2.17. The van der Waals surface area contributed by atoms with Gasteiger partial charge in [-0.2, -0.15) is 4.91 Å². The van der Waals surface area contributed by atoms with Gasteiger partial charge >= 0.3 is 0 Å². The third kappa shape index (κ3) is 1.21. The Kier molecular flexibility index (Phi) is 1.39. The minimum atomic E-state index is -0.126. The maximum atomic E-state index is 10.1. The SMILES string of the molecule is O=NCc1c[n+]([O-])on1. The number of nitroso groups, excluding NO2 is 1. The Morgan fingerprint density at radius 3 is 3.22 bits per heavy atom. The van der Waals surface area contributed by atoms with Gasteiger partial charge in [-0.3, -0.25) is 4.63 Å². The second-order valence-electron chi connectivity index (χ2n) is 1.37. The van der Waals surface area contributed by atoms with Crippen LogP contribution in [0.25, 0.3) is 0 Å². The summed E-state index contributed by atoms with van der Waals surface area (Å²) in [6.07, 6.45) is 1.04. The number of nitrogens with zero attached hydrogens (tertiary/aromatic N) is 3. The van der Waals surface area contributed by atoms with Crippen molar-refractivity contribution in [3.8, 4) is 0 Å². The molecule has 0 aromatic carbocycles. The van der Waals surface area contributed by atoms with Gasteiger partial charge in [0.25, 0.3) is 0 Å². The van der Waals surface area contributed by atoms with E-state index in [1.165, 1.54) is 0 Å². The number of rotatable bonds is 2. The molecule has 1 rings (SSSR count). The van der Waals surface area contributed by atoms with Gasteiger partial charge in [0.1, 0.15) is 0 Å². The van der Waals surface area contributed by atoms with E-state index in [0.717, 1.165) is 6.20 Å². The lowest BCUT2D eigenvalue weighted by atomic mass is 10.5. The van der Waals surface area contributed by atoms with Gasteiger partial charge < -0.3 is 5.21 Å². The first-order chi connectivity index (χ1) is 4.33. The predicted octanol–water partition coefficient (Wildman–Crippen LogP) is -0.426. The van der Waals surface area contributed by atoms with Crippen LogP contribution >= 0.6 is 0 Å². The van der Waals surface area contributed by atoms with Crippen molar-refractivity contribution in [2.45, 2.75) is 6.54 Å². The van der Waals surface area contributed by atoms with Crippen LogP contribution in [0.5, 0.6) is 0 Å². The highest BCUT2D eigenvalue weighted by Crippen LogP contribution is 1.89. The number of hydrogen-bond donors (Lipinski definition) is 0. The average Bonchev–Trinajstić information content (AvgIpc) is 2.17. The van der Waals surface area contributed by atoms with Crippen LogP contribution in [-0.4, -0.2) is 5.16 Å². The molecule has 0 fully saturated rings. The summed E-state index contributed by atoms with van der Waals surface area (Å²) in [4.78, 5) is 9.69. The molecule has 0 aliphatic carbocycles. The molecule has 6 heteroatoms. The van der Waals surface area contributed by atoms with Crippen LogP contribution in [0.1, 0.15) is 5.69 Å². The third-order valence-electron chi connectivity index (χ3n) is 0.720. The van der Waals surface area contributed by atoms with Crippen LogP contribution in [0.4, 0.5) is 0 Å². The van der Waals surface area contributed by atoms with E-state index in [0.29, 0.717) is 0 Å². The normalized spacial score (nSPS) is 9.33. The molecule has 1 aromatic heterocycles. The molecule has 0 radical (unpaired) electrons. The minimum Gasteiger partial charge on any atom is -0.360 e. The van der Waals surface area contributed by atoms with E-state index in [9.17, 15) is 10.1 Å². The van der Waals surface area contributed by atoms with Gasteiger partial charge in [0, 0.05) is 5.16 Å². The van der Waals surface area contributed by atoms with E-state index < -0.39 is 0 Å². The molecule has 9 heavy (non-hydrogen) atoms. The van der Waals surface area contributed by atoms with Gasteiger partial charge in [-0.25, -0.2) is 0 Å². The van der Waals surface area contributed by atoms with E-state index in [2.05, 4.69) is 15.0 Å². The standard InChI is InChI=1S/C3H3N3O3/c7-4-1-3-2-6(8)9-5-3/h2H,1H2. The zero-order chi connectivity index (χ0) is 6.69. The van der Waals surface area contributed by atoms with Crippen molar-refractivity contribution >= 4 is 0 Å². The maximum Gasteiger partial charge on any atom is 0.242 e. The molecule has 0 aliphatic rings. The van der Waals surface area contributed by atoms with Crippen LogP contribution < -0.4 is 4.90 Å². The number of aromatic nitrogens is 2. The zero-order valence-electron chi connectivity index (χ0n) is 4.35. The molecule has 6 nitrogen and oxygen atoms in total. The molecule has 0 aliphatic heterocycles. The Labute approximate surface area is 49.6 Å². The molecular weight excluding hydrogens is 126 g/mol. The van der Waals surface area contributed by atoms with Crippen LogP contribution in [0.2, 0.25) is 0 Å². The number of hydrogen-bond acceptors (Lipinski definition) is 5. The summed E-state index contributed by atoms with van der Waals surface area (Å²) in [5.74, 6) is 0. The van der Waals surface area contributed by atoms with Crippen molar-refractivity contribution in [3.05, 3.63) is 22.0 Å². The second-order valence-corrected chi connectivity index (χ2v) is 1.37. The Morgan fingerprint density at radius 1 is 2.00 bits per heavy atom. The Morgan fingerprint density at radius 2 is 2.78 bits per heavy atom. The van der Waals surface area contributed by atoms with E-state index in [4.69, 9.17) is 0 Å². The lowest BCUT2D eigenvalue weighted by Gasteiger charge is -1.74. The topological polar surface area (TPSA) is 82.4 Å². The summed E-state index contributed by atoms with van der Waals surface area (Å²) >= 11 is 0. The summed E-state index contributed by atoms with van der Waals surface area (Å²) in [5, 5.41) is 15.8. The minimum absolute atomic E-state index is 0.126. The summed E-state index contributed by atoms with van der Waals surface area (Å²) in [7, 11) is 0. The van der Waals surface area contributed by atoms with E-state index in [-0.39, 0.29) is 17.1 Å². The lowest BCUT2D eigenvalue weighted by molar-refractivity contribution is -0.802. The Hall–Kier alpha value is -1.46. The fraction of sp³-hybridized carbons (Fsp3) is 0.333. The lowest BCUT2D eigenvalue weighted by Crippen LogP contribution is -2.20. The van der Waals surface area contributed by atoms with Gasteiger partial charge in [-0.15, -0.1) is 0 Å². The second kappa shape index (κ2) is 2.21. The first kappa shape index (κ1) is 5.67. The highest BCUT2D eigenvalue weighted by molar-refractivity contribution is 4.84. The van der Waals surface area contributed by atoms with Crippen molar-refractivity contribution in [3.63, 3.8) is 0 Å². The third-order valence-corrected chi connectivity index (χ3v) is 0.720. The summed E-state index contributed by atoms with van der Waals surface area (Å²) < 4.78 is 4.03. The highest BCUT2D eigenvalue weighted by atomic mass is 16.8. The van der Waals surface area contributed by atoms with E-state index >= 15 is 0 Å². The maximum absolute atomic E-state index is 10.1.